The van der Waals surface area contributed by atoms with Crippen molar-refractivity contribution in [3.63, 3.8) is 0 Å². The van der Waals surface area contributed by atoms with Crippen LogP contribution in [0.1, 0.15) is 77.4 Å². The molecule has 0 radical (unpaired) electrons. The standard InChI is InChI=1S/C31H37NO7/c1-29(10-11-29)31(3)21-13-18(33)26-24(30(21,2)9-8-22(31)39-27(35)16-6-7-16)25(34)23-20(37-26)14-19(38-28(23)36)17-5-4-12-32-15-17/h4-5,12,14-16,18,21-22,24-26,33-34H,6-11,13H2,1-3H3/t18?,21-,22+,24+,25+,26?,30+,31?/m1/s1. The first-order valence-electron chi connectivity index (χ1n) is 14.4. The summed E-state index contributed by atoms with van der Waals surface area (Å²) < 4.78 is 18.3. The summed E-state index contributed by atoms with van der Waals surface area (Å²) in [6, 6.07) is 5.16. The molecule has 208 valence electrons. The maximum Gasteiger partial charge on any atom is 0.345 e. The van der Waals surface area contributed by atoms with Crippen LogP contribution in [-0.4, -0.2) is 39.5 Å². The Labute approximate surface area is 227 Å². The van der Waals surface area contributed by atoms with Crippen LogP contribution in [0.4, 0.5) is 0 Å². The summed E-state index contributed by atoms with van der Waals surface area (Å²) >= 11 is 0. The highest BCUT2D eigenvalue weighted by Crippen LogP contribution is 2.73. The second kappa shape index (κ2) is 8.40. The molecule has 8 heteroatoms. The number of nitrogens with zero attached hydrogens (tertiary/aromatic N) is 1. The van der Waals surface area contributed by atoms with Crippen molar-refractivity contribution in [2.24, 2.45) is 34.0 Å². The summed E-state index contributed by atoms with van der Waals surface area (Å²) in [5.74, 6) is -0.0428. The molecular formula is C31H37NO7. The summed E-state index contributed by atoms with van der Waals surface area (Å²) in [6.07, 6.45) is 6.10. The van der Waals surface area contributed by atoms with Gasteiger partial charge < -0.3 is 24.1 Å². The van der Waals surface area contributed by atoms with Crippen LogP contribution in [0.2, 0.25) is 0 Å². The number of aliphatic hydroxyl groups excluding tert-OH is 2. The van der Waals surface area contributed by atoms with E-state index in [2.05, 4.69) is 25.8 Å². The van der Waals surface area contributed by atoms with Crippen LogP contribution in [0.25, 0.3) is 11.3 Å². The maximum absolute atomic E-state index is 13.3. The van der Waals surface area contributed by atoms with Crippen LogP contribution in [0.3, 0.4) is 0 Å². The molecule has 3 unspecified atom stereocenters. The van der Waals surface area contributed by atoms with E-state index in [0.717, 1.165) is 25.7 Å². The molecule has 7 rings (SSSR count). The van der Waals surface area contributed by atoms with Gasteiger partial charge in [-0.1, -0.05) is 20.8 Å². The predicted molar refractivity (Wildman–Crippen MR) is 141 cm³/mol. The molecule has 0 aromatic carbocycles. The SMILES string of the molecule is CC1(C2(C)[C@@H](OC(=O)C3CC3)CC[C@]3(C)[C@@H]4C(Oc5cc(-c6cccnc6)oc(=O)c5[C@@H]4O)C(O)C[C@@H]23)CC1. The first kappa shape index (κ1) is 25.3. The molecule has 4 saturated carbocycles. The number of esters is 1. The molecule has 4 aliphatic carbocycles. The Hall–Kier alpha value is -2.71. The van der Waals surface area contributed by atoms with Gasteiger partial charge in [-0.25, -0.2) is 4.79 Å². The Kier molecular flexibility index (Phi) is 5.44. The normalized spacial score (nSPS) is 39.9. The third-order valence-corrected chi connectivity index (χ3v) is 11.4. The smallest absolute Gasteiger partial charge is 0.345 e. The van der Waals surface area contributed by atoms with Crippen molar-refractivity contribution in [3.05, 3.63) is 46.6 Å². The van der Waals surface area contributed by atoms with Gasteiger partial charge >= 0.3 is 11.6 Å². The summed E-state index contributed by atoms with van der Waals surface area (Å²) in [4.78, 5) is 30.2. The summed E-state index contributed by atoms with van der Waals surface area (Å²) in [7, 11) is 0. The average Bonchev–Trinajstić information content (AvgIpc) is 3.84. The Morgan fingerprint density at radius 1 is 1.13 bits per heavy atom. The van der Waals surface area contributed by atoms with Crippen molar-refractivity contribution in [1.29, 1.82) is 0 Å². The summed E-state index contributed by atoms with van der Waals surface area (Å²) in [6.45, 7) is 6.68. The van der Waals surface area contributed by atoms with Crippen LogP contribution < -0.4 is 10.4 Å². The fourth-order valence-electron chi connectivity index (χ4n) is 8.52. The van der Waals surface area contributed by atoms with Crippen molar-refractivity contribution in [2.75, 3.05) is 0 Å². The Balaban J connectivity index is 1.28. The van der Waals surface area contributed by atoms with Gasteiger partial charge in [0.25, 0.3) is 0 Å². The Morgan fingerprint density at radius 3 is 2.56 bits per heavy atom. The van der Waals surface area contributed by atoms with E-state index in [1.807, 2.05) is 0 Å². The Morgan fingerprint density at radius 2 is 1.90 bits per heavy atom. The molecule has 1 aliphatic heterocycles. The first-order valence-corrected chi connectivity index (χ1v) is 14.4. The van der Waals surface area contributed by atoms with E-state index < -0.39 is 35.3 Å². The van der Waals surface area contributed by atoms with Gasteiger partial charge in [0.15, 0.2) is 0 Å². The number of fused-ring (bicyclic) bond motifs is 4. The highest BCUT2D eigenvalue weighted by atomic mass is 16.5. The summed E-state index contributed by atoms with van der Waals surface area (Å²) in [5.41, 5.74) is -0.734. The summed E-state index contributed by atoms with van der Waals surface area (Å²) in [5, 5.41) is 23.4. The highest BCUT2D eigenvalue weighted by Gasteiger charge is 2.71. The molecule has 0 saturated heterocycles. The maximum atomic E-state index is 13.3. The van der Waals surface area contributed by atoms with Gasteiger partial charge in [-0.05, 0) is 73.8 Å². The van der Waals surface area contributed by atoms with E-state index >= 15 is 0 Å². The van der Waals surface area contributed by atoms with E-state index in [4.69, 9.17) is 13.9 Å². The van der Waals surface area contributed by atoms with Gasteiger partial charge in [0.2, 0.25) is 0 Å². The number of aliphatic hydroxyl groups is 2. The van der Waals surface area contributed by atoms with Gasteiger partial charge in [-0.3, -0.25) is 9.78 Å². The van der Waals surface area contributed by atoms with Crippen molar-refractivity contribution >= 4 is 5.97 Å². The molecule has 39 heavy (non-hydrogen) atoms. The van der Waals surface area contributed by atoms with Gasteiger partial charge in [-0.15, -0.1) is 0 Å². The number of aromatic nitrogens is 1. The fraction of sp³-hybridized carbons (Fsp3) is 0.645. The molecule has 5 aliphatic rings. The molecule has 0 bridgehead atoms. The van der Waals surface area contributed by atoms with Crippen LogP contribution in [0, 0.1) is 34.0 Å². The molecule has 0 amide bonds. The molecular weight excluding hydrogens is 498 g/mol. The topological polar surface area (TPSA) is 119 Å². The lowest BCUT2D eigenvalue weighted by molar-refractivity contribution is -0.245. The third-order valence-electron chi connectivity index (χ3n) is 11.4. The number of carbonyl (C=O) groups is 1. The van der Waals surface area contributed by atoms with Gasteiger partial charge in [0.05, 0.1) is 18.1 Å². The van der Waals surface area contributed by atoms with Crippen molar-refractivity contribution in [3.8, 4) is 17.1 Å². The number of rotatable bonds is 4. The second-order valence-corrected chi connectivity index (χ2v) is 13.4. The lowest BCUT2D eigenvalue weighted by Gasteiger charge is -2.65. The lowest BCUT2D eigenvalue weighted by Crippen LogP contribution is -2.67. The van der Waals surface area contributed by atoms with Crippen LogP contribution in [0.15, 0.2) is 39.8 Å². The number of hydrogen-bond donors (Lipinski definition) is 2. The fourth-order valence-corrected chi connectivity index (χ4v) is 8.52. The molecule has 0 spiro atoms. The third kappa shape index (κ3) is 3.60. The highest BCUT2D eigenvalue weighted by molar-refractivity contribution is 5.75. The molecule has 2 aromatic heterocycles. The van der Waals surface area contributed by atoms with Crippen LogP contribution in [-0.2, 0) is 9.53 Å². The quantitative estimate of drug-likeness (QED) is 0.552. The zero-order valence-corrected chi connectivity index (χ0v) is 22.8. The van der Waals surface area contributed by atoms with Gasteiger partial charge in [-0.2, -0.15) is 0 Å². The number of ether oxygens (including phenoxy) is 2. The molecule has 2 aromatic rings. The minimum absolute atomic E-state index is 0.0174. The minimum Gasteiger partial charge on any atom is -0.486 e. The van der Waals surface area contributed by atoms with Crippen molar-refractivity contribution in [1.82, 2.24) is 4.98 Å². The number of pyridine rings is 1. The van der Waals surface area contributed by atoms with Crippen LogP contribution >= 0.6 is 0 Å². The number of hydrogen-bond acceptors (Lipinski definition) is 8. The van der Waals surface area contributed by atoms with E-state index in [9.17, 15) is 19.8 Å². The lowest BCUT2D eigenvalue weighted by atomic mass is 9.42. The molecule has 4 fully saturated rings. The monoisotopic (exact) mass is 535 g/mol. The molecule has 8 atom stereocenters. The van der Waals surface area contributed by atoms with E-state index in [1.54, 1.807) is 30.6 Å². The second-order valence-electron chi connectivity index (χ2n) is 13.4. The minimum atomic E-state index is -1.15. The number of carbonyl (C=O) groups excluding carboxylic acids is 1. The van der Waals surface area contributed by atoms with E-state index in [1.165, 1.54) is 0 Å². The van der Waals surface area contributed by atoms with E-state index in [-0.39, 0.29) is 46.1 Å². The molecule has 2 N–H and O–H groups in total. The van der Waals surface area contributed by atoms with Crippen LogP contribution in [0.5, 0.6) is 5.75 Å². The molecule has 8 nitrogen and oxygen atoms in total. The Bertz CT molecular complexity index is 1360. The average molecular weight is 536 g/mol. The predicted octanol–water partition coefficient (Wildman–Crippen LogP) is 4.42. The molecule has 3 heterocycles. The van der Waals surface area contributed by atoms with Crippen molar-refractivity contribution in [2.45, 2.75) is 90.1 Å². The zero-order valence-electron chi connectivity index (χ0n) is 22.8. The van der Waals surface area contributed by atoms with Crippen molar-refractivity contribution < 1.29 is 28.9 Å². The first-order chi connectivity index (χ1) is 18.6. The van der Waals surface area contributed by atoms with E-state index in [0.29, 0.717) is 30.6 Å². The largest absolute Gasteiger partial charge is 0.486 e. The zero-order chi connectivity index (χ0) is 27.3. The van der Waals surface area contributed by atoms with Gasteiger partial charge in [0, 0.05) is 35.4 Å². The van der Waals surface area contributed by atoms with Gasteiger partial charge in [0.1, 0.15) is 29.3 Å².